The molecule has 3 atom stereocenters. The van der Waals surface area contributed by atoms with Gasteiger partial charge in [-0.1, -0.05) is 36.9 Å². The largest absolute Gasteiger partial charge is 0.310 e. The number of benzene rings is 1. The summed E-state index contributed by atoms with van der Waals surface area (Å²) in [4.78, 5) is 4.43. The first-order chi connectivity index (χ1) is 10.7. The average molecular weight is 298 g/mol. The molecule has 0 saturated carbocycles. The first-order valence-electron chi connectivity index (χ1n) is 7.82. The van der Waals surface area contributed by atoms with Crippen LogP contribution in [0, 0.1) is 0 Å². The van der Waals surface area contributed by atoms with Gasteiger partial charge in [-0.15, -0.1) is 0 Å². The predicted molar refractivity (Wildman–Crippen MR) is 83.1 cm³/mol. The highest BCUT2D eigenvalue weighted by Gasteiger charge is 2.36. The van der Waals surface area contributed by atoms with E-state index in [0.717, 1.165) is 30.5 Å². The van der Waals surface area contributed by atoms with E-state index in [9.17, 15) is 4.39 Å². The Morgan fingerprint density at radius 1 is 1.32 bits per heavy atom. The first-order valence-corrected chi connectivity index (χ1v) is 7.82. The second kappa shape index (κ2) is 5.32. The van der Waals surface area contributed by atoms with Crippen molar-refractivity contribution in [2.24, 2.45) is 0 Å². The topological polar surface area (TPSA) is 42.7 Å². The van der Waals surface area contributed by atoms with E-state index in [0.29, 0.717) is 18.1 Å². The summed E-state index contributed by atoms with van der Waals surface area (Å²) in [5.41, 5.74) is 1.95. The maximum absolute atomic E-state index is 14.3. The molecule has 4 rings (SSSR count). The van der Waals surface area contributed by atoms with Crippen molar-refractivity contribution in [2.45, 2.75) is 37.5 Å². The number of fused-ring (bicyclic) bond motifs is 1. The summed E-state index contributed by atoms with van der Waals surface area (Å²) < 4.78 is 16.1. The number of rotatable bonds is 3. The second-order valence-electron chi connectivity index (χ2n) is 6.04. The lowest BCUT2D eigenvalue weighted by molar-refractivity contribution is 0.328. The minimum absolute atomic E-state index is 0.0724. The van der Waals surface area contributed by atoms with Gasteiger partial charge in [0, 0.05) is 18.0 Å². The molecular weight excluding hydrogens is 279 g/mol. The van der Waals surface area contributed by atoms with E-state index < -0.39 is 6.17 Å². The maximum Gasteiger partial charge on any atom is 0.178 e. The number of alkyl halides is 1. The van der Waals surface area contributed by atoms with Gasteiger partial charge in [0.25, 0.3) is 0 Å². The van der Waals surface area contributed by atoms with Crippen LogP contribution in [0.25, 0.3) is 5.57 Å². The molecule has 1 saturated heterocycles. The zero-order chi connectivity index (χ0) is 15.1. The Hall–Kier alpha value is -2.01. The lowest BCUT2D eigenvalue weighted by atomic mass is 10.0. The van der Waals surface area contributed by atoms with E-state index >= 15 is 0 Å². The van der Waals surface area contributed by atoms with Gasteiger partial charge in [-0.05, 0) is 24.9 Å². The van der Waals surface area contributed by atoms with Crippen molar-refractivity contribution in [1.82, 2.24) is 20.1 Å². The van der Waals surface area contributed by atoms with Crippen molar-refractivity contribution in [1.29, 1.82) is 0 Å². The van der Waals surface area contributed by atoms with Crippen LogP contribution in [0.1, 0.15) is 48.7 Å². The molecular formula is C17H19FN4. The van der Waals surface area contributed by atoms with E-state index in [1.807, 2.05) is 30.3 Å². The summed E-state index contributed by atoms with van der Waals surface area (Å²) >= 11 is 0. The first kappa shape index (κ1) is 13.6. The third-order valence-electron chi connectivity index (χ3n) is 4.62. The standard InChI is InChI=1S/C17H19FN4/c1-11(14-8-5-9-19-14)16-20-17-13(18)10-15(22(17)21-16)12-6-3-2-4-7-12/h2-4,6-7,13-15,19H,1,5,8-10H2. The Morgan fingerprint density at radius 2 is 2.14 bits per heavy atom. The molecule has 0 spiro atoms. The lowest BCUT2D eigenvalue weighted by Crippen LogP contribution is -2.23. The average Bonchev–Trinajstić information content (AvgIpc) is 3.25. The molecule has 3 unspecified atom stereocenters. The molecule has 0 radical (unpaired) electrons. The molecule has 114 valence electrons. The fourth-order valence-electron chi connectivity index (χ4n) is 3.41. The molecule has 2 aromatic rings. The van der Waals surface area contributed by atoms with Crippen molar-refractivity contribution in [2.75, 3.05) is 6.54 Å². The van der Waals surface area contributed by atoms with Gasteiger partial charge in [0.2, 0.25) is 0 Å². The Labute approximate surface area is 129 Å². The lowest BCUT2D eigenvalue weighted by Gasteiger charge is -2.13. The van der Waals surface area contributed by atoms with E-state index in [2.05, 4.69) is 22.0 Å². The minimum Gasteiger partial charge on any atom is -0.310 e. The molecule has 3 heterocycles. The highest BCUT2D eigenvalue weighted by atomic mass is 19.1. The number of hydrogen-bond acceptors (Lipinski definition) is 3. The molecule has 22 heavy (non-hydrogen) atoms. The smallest absolute Gasteiger partial charge is 0.178 e. The quantitative estimate of drug-likeness (QED) is 0.947. The maximum atomic E-state index is 14.3. The van der Waals surface area contributed by atoms with Crippen molar-refractivity contribution in [3.8, 4) is 0 Å². The summed E-state index contributed by atoms with van der Waals surface area (Å²) in [5, 5.41) is 7.96. The van der Waals surface area contributed by atoms with Crippen LogP contribution in [-0.2, 0) is 0 Å². The SMILES string of the molecule is C=C(c1nc2n(n1)C(c1ccccc1)CC2F)C1CCCN1. The number of nitrogens with one attached hydrogen (secondary N) is 1. The van der Waals surface area contributed by atoms with Gasteiger partial charge in [-0.25, -0.2) is 14.1 Å². The van der Waals surface area contributed by atoms with Crippen LogP contribution in [-0.4, -0.2) is 27.4 Å². The second-order valence-corrected chi connectivity index (χ2v) is 6.04. The van der Waals surface area contributed by atoms with Gasteiger partial charge in [0.1, 0.15) is 0 Å². The summed E-state index contributed by atoms with van der Waals surface area (Å²) in [7, 11) is 0. The molecule has 2 aliphatic heterocycles. The van der Waals surface area contributed by atoms with Crippen LogP contribution in [0.5, 0.6) is 0 Å². The minimum atomic E-state index is -1.06. The number of nitrogens with zero attached hydrogens (tertiary/aromatic N) is 3. The van der Waals surface area contributed by atoms with E-state index in [1.54, 1.807) is 4.68 Å². The Morgan fingerprint density at radius 3 is 2.86 bits per heavy atom. The molecule has 0 aliphatic carbocycles. The molecule has 5 heteroatoms. The van der Waals surface area contributed by atoms with E-state index in [4.69, 9.17) is 0 Å². The van der Waals surface area contributed by atoms with Crippen molar-refractivity contribution < 1.29 is 4.39 Å². The van der Waals surface area contributed by atoms with Gasteiger partial charge >= 0.3 is 0 Å². The van der Waals surface area contributed by atoms with Crippen molar-refractivity contribution in [3.63, 3.8) is 0 Å². The monoisotopic (exact) mass is 298 g/mol. The zero-order valence-corrected chi connectivity index (χ0v) is 12.4. The number of halogens is 1. The summed E-state index contributed by atoms with van der Waals surface area (Å²) in [6.07, 6.45) is 1.53. The van der Waals surface area contributed by atoms with Crippen molar-refractivity contribution >= 4 is 5.57 Å². The molecule has 1 aromatic heterocycles. The van der Waals surface area contributed by atoms with Crippen LogP contribution in [0.3, 0.4) is 0 Å². The summed E-state index contributed by atoms with van der Waals surface area (Å²) in [5.74, 6) is 1.01. The van der Waals surface area contributed by atoms with Gasteiger partial charge < -0.3 is 5.32 Å². The molecule has 4 nitrogen and oxygen atoms in total. The molecule has 1 aromatic carbocycles. The Kier molecular flexibility index (Phi) is 3.30. The molecule has 2 aliphatic rings. The van der Waals surface area contributed by atoms with Crippen LogP contribution in [0.2, 0.25) is 0 Å². The fourth-order valence-corrected chi connectivity index (χ4v) is 3.41. The van der Waals surface area contributed by atoms with Crippen LogP contribution in [0.15, 0.2) is 36.9 Å². The van der Waals surface area contributed by atoms with Gasteiger partial charge in [-0.2, -0.15) is 5.10 Å². The van der Waals surface area contributed by atoms with Gasteiger partial charge in [0.15, 0.2) is 17.8 Å². The number of aromatic nitrogens is 3. The highest BCUT2D eigenvalue weighted by Crippen LogP contribution is 2.40. The van der Waals surface area contributed by atoms with Crippen molar-refractivity contribution in [3.05, 3.63) is 54.1 Å². The summed E-state index contributed by atoms with van der Waals surface area (Å²) in [6.45, 7) is 5.11. The molecule has 1 fully saturated rings. The summed E-state index contributed by atoms with van der Waals surface area (Å²) in [6, 6.07) is 10.1. The van der Waals surface area contributed by atoms with Crippen LogP contribution >= 0.6 is 0 Å². The Balaban J connectivity index is 1.67. The van der Waals surface area contributed by atoms with Gasteiger partial charge in [0.05, 0.1) is 6.04 Å². The molecule has 0 amide bonds. The predicted octanol–water partition coefficient (Wildman–Crippen LogP) is 3.05. The molecule has 0 bridgehead atoms. The van der Waals surface area contributed by atoms with Gasteiger partial charge in [-0.3, -0.25) is 0 Å². The zero-order valence-electron chi connectivity index (χ0n) is 12.4. The third kappa shape index (κ3) is 2.16. The number of hydrogen-bond donors (Lipinski definition) is 1. The highest BCUT2D eigenvalue weighted by molar-refractivity contribution is 5.62. The van der Waals surface area contributed by atoms with Crippen LogP contribution < -0.4 is 5.32 Å². The van der Waals surface area contributed by atoms with Crippen LogP contribution in [0.4, 0.5) is 4.39 Å². The third-order valence-corrected chi connectivity index (χ3v) is 4.62. The van der Waals surface area contributed by atoms with E-state index in [1.165, 1.54) is 0 Å². The molecule has 1 N–H and O–H groups in total. The normalized spacial score (nSPS) is 27.0. The fraction of sp³-hybridized carbons (Fsp3) is 0.412. The Bertz CT molecular complexity index is 688. The van der Waals surface area contributed by atoms with E-state index in [-0.39, 0.29) is 12.1 Å².